The van der Waals surface area contributed by atoms with E-state index in [4.69, 9.17) is 11.6 Å². The summed E-state index contributed by atoms with van der Waals surface area (Å²) in [4.78, 5) is -0.174. The van der Waals surface area contributed by atoms with Crippen molar-refractivity contribution in [1.29, 1.82) is 0 Å². The smallest absolute Gasteiger partial charge is 0.0692 e. The summed E-state index contributed by atoms with van der Waals surface area (Å²) in [6, 6.07) is 8.86. The standard InChI is InChI=1S/C27H47Cl/c1-4-7-8-9-10-11-12-13-14-15-16-17-18-19-22-25-23-20-21-24-26(25)27(28,5-2)6-3/h20-21,23-24H,4-19,22H2,1-3H3. The average molecular weight is 407 g/mol. The molecular weight excluding hydrogens is 360 g/mol. The number of rotatable bonds is 18. The van der Waals surface area contributed by atoms with Crippen LogP contribution in [-0.4, -0.2) is 0 Å². The van der Waals surface area contributed by atoms with E-state index in [1.54, 1.807) is 0 Å². The van der Waals surface area contributed by atoms with E-state index in [-0.39, 0.29) is 4.87 Å². The first-order chi connectivity index (χ1) is 13.7. The lowest BCUT2D eigenvalue weighted by Crippen LogP contribution is -2.18. The Balaban J connectivity index is 2.07. The quantitative estimate of drug-likeness (QED) is 0.168. The molecule has 0 aliphatic carbocycles. The van der Waals surface area contributed by atoms with Gasteiger partial charge in [-0.05, 0) is 36.8 Å². The van der Waals surface area contributed by atoms with Crippen molar-refractivity contribution in [2.24, 2.45) is 0 Å². The molecule has 0 aromatic heterocycles. The Kier molecular flexibility index (Phi) is 14.9. The summed E-state index contributed by atoms with van der Waals surface area (Å²) in [5, 5.41) is 0. The third kappa shape index (κ3) is 10.3. The minimum absolute atomic E-state index is 0.174. The van der Waals surface area contributed by atoms with Gasteiger partial charge in [0.1, 0.15) is 0 Å². The van der Waals surface area contributed by atoms with Gasteiger partial charge in [0.25, 0.3) is 0 Å². The first-order valence-corrected chi connectivity index (χ1v) is 12.8. The zero-order valence-corrected chi connectivity index (χ0v) is 20.0. The maximum absolute atomic E-state index is 6.90. The topological polar surface area (TPSA) is 0 Å². The Morgan fingerprint density at radius 1 is 0.607 bits per heavy atom. The lowest BCUT2D eigenvalue weighted by Gasteiger charge is -2.27. The maximum Gasteiger partial charge on any atom is 0.0692 e. The number of hydrogen-bond acceptors (Lipinski definition) is 0. The van der Waals surface area contributed by atoms with Gasteiger partial charge < -0.3 is 0 Å². The summed E-state index contributed by atoms with van der Waals surface area (Å²) >= 11 is 6.90. The van der Waals surface area contributed by atoms with Crippen LogP contribution in [0.15, 0.2) is 24.3 Å². The molecule has 1 rings (SSSR count). The molecule has 0 nitrogen and oxygen atoms in total. The number of unbranched alkanes of at least 4 members (excludes halogenated alkanes) is 13. The largest absolute Gasteiger partial charge is 0.114 e. The number of halogens is 1. The van der Waals surface area contributed by atoms with Gasteiger partial charge in [0.2, 0.25) is 0 Å². The Morgan fingerprint density at radius 2 is 1.04 bits per heavy atom. The fourth-order valence-corrected chi connectivity index (χ4v) is 4.50. The van der Waals surface area contributed by atoms with Gasteiger partial charge in [-0.1, -0.05) is 129 Å². The molecule has 0 saturated carbocycles. The van der Waals surface area contributed by atoms with E-state index in [0.29, 0.717) is 0 Å². The Bertz CT molecular complexity index is 475. The first-order valence-electron chi connectivity index (χ1n) is 12.4. The molecule has 0 bridgehead atoms. The van der Waals surface area contributed by atoms with Gasteiger partial charge in [0, 0.05) is 0 Å². The average Bonchev–Trinajstić information content (AvgIpc) is 2.73. The van der Waals surface area contributed by atoms with Crippen molar-refractivity contribution in [3.8, 4) is 0 Å². The minimum Gasteiger partial charge on any atom is -0.114 e. The normalized spacial score (nSPS) is 11.9. The van der Waals surface area contributed by atoms with Gasteiger partial charge in [-0.15, -0.1) is 11.6 Å². The number of aryl methyl sites for hydroxylation is 1. The fraction of sp³-hybridized carbons (Fsp3) is 0.778. The van der Waals surface area contributed by atoms with Crippen LogP contribution in [0.5, 0.6) is 0 Å². The van der Waals surface area contributed by atoms with E-state index in [0.717, 1.165) is 12.8 Å². The van der Waals surface area contributed by atoms with Crippen LogP contribution in [0, 0.1) is 0 Å². The van der Waals surface area contributed by atoms with Crippen LogP contribution < -0.4 is 0 Å². The zero-order chi connectivity index (χ0) is 20.5. The molecule has 0 amide bonds. The highest BCUT2D eigenvalue weighted by Crippen LogP contribution is 2.38. The highest BCUT2D eigenvalue weighted by atomic mass is 35.5. The van der Waals surface area contributed by atoms with Crippen molar-refractivity contribution in [2.45, 2.75) is 135 Å². The van der Waals surface area contributed by atoms with E-state index in [1.165, 1.54) is 107 Å². The number of hydrogen-bond donors (Lipinski definition) is 0. The Labute approximate surface area is 181 Å². The molecule has 0 unspecified atom stereocenters. The van der Waals surface area contributed by atoms with Gasteiger partial charge in [0.05, 0.1) is 4.87 Å². The lowest BCUT2D eigenvalue weighted by atomic mass is 9.87. The van der Waals surface area contributed by atoms with Crippen LogP contribution in [0.4, 0.5) is 0 Å². The van der Waals surface area contributed by atoms with Crippen LogP contribution in [0.3, 0.4) is 0 Å². The molecule has 0 spiro atoms. The van der Waals surface area contributed by atoms with Gasteiger partial charge in [-0.3, -0.25) is 0 Å². The molecular formula is C27H47Cl. The lowest BCUT2D eigenvalue weighted by molar-refractivity contribution is 0.533. The molecule has 0 saturated heterocycles. The molecule has 0 N–H and O–H groups in total. The number of benzene rings is 1. The second-order valence-corrected chi connectivity index (χ2v) is 9.40. The van der Waals surface area contributed by atoms with Gasteiger partial charge in [0.15, 0.2) is 0 Å². The van der Waals surface area contributed by atoms with Gasteiger partial charge in [-0.25, -0.2) is 0 Å². The third-order valence-corrected chi connectivity index (χ3v) is 7.16. The van der Waals surface area contributed by atoms with Crippen LogP contribution in [-0.2, 0) is 11.3 Å². The van der Waals surface area contributed by atoms with Crippen molar-refractivity contribution in [3.63, 3.8) is 0 Å². The molecule has 0 heterocycles. The summed E-state index contributed by atoms with van der Waals surface area (Å²) in [6.07, 6.45) is 23.1. The van der Waals surface area contributed by atoms with Crippen molar-refractivity contribution in [1.82, 2.24) is 0 Å². The Hall–Kier alpha value is -0.490. The highest BCUT2D eigenvalue weighted by Gasteiger charge is 2.27. The monoisotopic (exact) mass is 406 g/mol. The van der Waals surface area contributed by atoms with Gasteiger partial charge in [-0.2, -0.15) is 0 Å². The van der Waals surface area contributed by atoms with Crippen LogP contribution in [0.25, 0.3) is 0 Å². The zero-order valence-electron chi connectivity index (χ0n) is 19.2. The molecule has 1 aromatic carbocycles. The molecule has 0 radical (unpaired) electrons. The molecule has 0 aliphatic rings. The van der Waals surface area contributed by atoms with E-state index >= 15 is 0 Å². The molecule has 0 aliphatic heterocycles. The highest BCUT2D eigenvalue weighted by molar-refractivity contribution is 6.24. The molecule has 0 atom stereocenters. The number of alkyl halides is 1. The van der Waals surface area contributed by atoms with Crippen molar-refractivity contribution in [2.75, 3.05) is 0 Å². The van der Waals surface area contributed by atoms with E-state index in [9.17, 15) is 0 Å². The molecule has 28 heavy (non-hydrogen) atoms. The molecule has 1 aromatic rings. The summed E-state index contributed by atoms with van der Waals surface area (Å²) in [7, 11) is 0. The predicted molar refractivity (Wildman–Crippen MR) is 129 cm³/mol. The molecule has 162 valence electrons. The maximum atomic E-state index is 6.90. The van der Waals surface area contributed by atoms with Crippen LogP contribution >= 0.6 is 11.6 Å². The second-order valence-electron chi connectivity index (χ2n) is 8.68. The fourth-order valence-electron chi connectivity index (χ4n) is 4.32. The van der Waals surface area contributed by atoms with Crippen molar-refractivity contribution >= 4 is 11.6 Å². The molecule has 0 fully saturated rings. The summed E-state index contributed by atoms with van der Waals surface area (Å²) < 4.78 is 0. The second kappa shape index (κ2) is 16.3. The van der Waals surface area contributed by atoms with Crippen LogP contribution in [0.1, 0.15) is 135 Å². The summed E-state index contributed by atoms with van der Waals surface area (Å²) in [6.45, 7) is 6.71. The summed E-state index contributed by atoms with van der Waals surface area (Å²) in [5.74, 6) is 0. The summed E-state index contributed by atoms with van der Waals surface area (Å²) in [5.41, 5.74) is 2.84. The minimum atomic E-state index is -0.174. The third-order valence-electron chi connectivity index (χ3n) is 6.42. The van der Waals surface area contributed by atoms with Crippen molar-refractivity contribution < 1.29 is 0 Å². The van der Waals surface area contributed by atoms with Gasteiger partial charge >= 0.3 is 0 Å². The van der Waals surface area contributed by atoms with E-state index < -0.39 is 0 Å². The first kappa shape index (κ1) is 25.5. The van der Waals surface area contributed by atoms with Crippen LogP contribution in [0.2, 0.25) is 0 Å². The predicted octanol–water partition coefficient (Wildman–Crippen LogP) is 9.96. The molecule has 1 heteroatoms. The van der Waals surface area contributed by atoms with E-state index in [2.05, 4.69) is 45.0 Å². The Morgan fingerprint density at radius 3 is 1.50 bits per heavy atom. The van der Waals surface area contributed by atoms with Crippen molar-refractivity contribution in [3.05, 3.63) is 35.4 Å². The SMILES string of the molecule is CCCCCCCCCCCCCCCCc1ccccc1C(Cl)(CC)CC. The van der Waals surface area contributed by atoms with E-state index in [1.807, 2.05) is 0 Å².